The van der Waals surface area contributed by atoms with Crippen molar-refractivity contribution in [3.63, 3.8) is 0 Å². The third-order valence-electron chi connectivity index (χ3n) is 4.76. The van der Waals surface area contributed by atoms with Gasteiger partial charge in [0.1, 0.15) is 0 Å². The summed E-state index contributed by atoms with van der Waals surface area (Å²) in [5.41, 5.74) is -0.858. The largest absolute Gasteiger partial charge is 0.464 e. The number of fused-ring (bicyclic) bond motifs is 2. The summed E-state index contributed by atoms with van der Waals surface area (Å²) in [6.45, 7) is 5.63. The van der Waals surface area contributed by atoms with Gasteiger partial charge in [0.15, 0.2) is 23.1 Å². The first-order valence-corrected chi connectivity index (χ1v) is 9.04. The highest BCUT2D eigenvalue weighted by molar-refractivity contribution is 6.16. The summed E-state index contributed by atoms with van der Waals surface area (Å²) >= 11 is 0. The Balaban J connectivity index is 1.55. The number of hydrogen-bond donors (Lipinski definition) is 1. The van der Waals surface area contributed by atoms with Crippen LogP contribution in [0.15, 0.2) is 36.5 Å². The van der Waals surface area contributed by atoms with Crippen LogP contribution in [0.2, 0.25) is 0 Å². The zero-order chi connectivity index (χ0) is 19.9. The second-order valence-corrected chi connectivity index (χ2v) is 7.10. The molecule has 1 atom stereocenters. The molecule has 3 heterocycles. The Kier molecular flexibility index (Phi) is 4.33. The normalized spacial score (nSPS) is 20.0. The number of rotatable bonds is 4. The van der Waals surface area contributed by atoms with E-state index in [1.54, 1.807) is 30.5 Å². The molecule has 0 aliphatic carbocycles. The number of anilines is 1. The number of hydrogen-bond acceptors (Lipinski definition) is 6. The van der Waals surface area contributed by atoms with Crippen LogP contribution in [-0.4, -0.2) is 35.2 Å². The molecule has 0 saturated carbocycles. The standard InChI is InChI=1S/C20H21N3O5/c1-12(2)23-17-15(5-4-8-21-17)28-20(3,19(23)25)18(24)22-10-13-6-7-14-16(9-13)27-11-26-14/h4-9,12H,10-11H2,1-3H3,(H,22,24)/t20-/m1/s1. The smallest absolute Gasteiger partial charge is 0.282 e. The second-order valence-electron chi connectivity index (χ2n) is 7.10. The van der Waals surface area contributed by atoms with Crippen molar-refractivity contribution >= 4 is 17.6 Å². The monoisotopic (exact) mass is 383 g/mol. The Morgan fingerprint density at radius 3 is 2.82 bits per heavy atom. The molecular formula is C20H21N3O5. The van der Waals surface area contributed by atoms with E-state index in [2.05, 4.69) is 10.3 Å². The summed E-state index contributed by atoms with van der Waals surface area (Å²) in [6, 6.07) is 8.65. The van der Waals surface area contributed by atoms with Crippen molar-refractivity contribution in [2.24, 2.45) is 0 Å². The number of nitrogens with zero attached hydrogens (tertiary/aromatic N) is 2. The summed E-state index contributed by atoms with van der Waals surface area (Å²) in [5.74, 6) is 1.16. The molecule has 146 valence electrons. The first kappa shape index (κ1) is 18.1. The minimum atomic E-state index is -1.68. The maximum atomic E-state index is 13.1. The van der Waals surface area contributed by atoms with Crippen LogP contribution in [0.4, 0.5) is 5.82 Å². The van der Waals surface area contributed by atoms with Crippen molar-refractivity contribution in [2.75, 3.05) is 11.7 Å². The third-order valence-corrected chi connectivity index (χ3v) is 4.76. The number of amides is 2. The molecule has 1 aromatic heterocycles. The van der Waals surface area contributed by atoms with E-state index in [-0.39, 0.29) is 19.4 Å². The molecule has 8 nitrogen and oxygen atoms in total. The number of nitrogens with one attached hydrogen (secondary N) is 1. The highest BCUT2D eigenvalue weighted by Crippen LogP contribution is 2.37. The second kappa shape index (κ2) is 6.70. The molecule has 2 aliphatic rings. The fourth-order valence-corrected chi connectivity index (χ4v) is 3.26. The van der Waals surface area contributed by atoms with Crippen molar-refractivity contribution in [2.45, 2.75) is 39.0 Å². The molecule has 0 saturated heterocycles. The van der Waals surface area contributed by atoms with E-state index >= 15 is 0 Å². The SMILES string of the molecule is CC(C)N1C(=O)[C@@](C)(C(=O)NCc2ccc3c(c2)OCO3)Oc2cccnc21. The van der Waals surface area contributed by atoms with E-state index < -0.39 is 17.4 Å². The lowest BCUT2D eigenvalue weighted by Crippen LogP contribution is -2.63. The quantitative estimate of drug-likeness (QED) is 0.813. The fourth-order valence-electron chi connectivity index (χ4n) is 3.26. The summed E-state index contributed by atoms with van der Waals surface area (Å²) in [6.07, 6.45) is 1.59. The van der Waals surface area contributed by atoms with Gasteiger partial charge >= 0.3 is 0 Å². The minimum absolute atomic E-state index is 0.175. The van der Waals surface area contributed by atoms with Gasteiger partial charge in [0.2, 0.25) is 6.79 Å². The average Bonchev–Trinajstić information content (AvgIpc) is 3.14. The van der Waals surface area contributed by atoms with Gasteiger partial charge in [0.25, 0.3) is 17.4 Å². The van der Waals surface area contributed by atoms with Crippen LogP contribution in [0.1, 0.15) is 26.3 Å². The Morgan fingerprint density at radius 1 is 1.25 bits per heavy atom. The highest BCUT2D eigenvalue weighted by Gasteiger charge is 2.51. The number of benzene rings is 1. The average molecular weight is 383 g/mol. The molecule has 2 amide bonds. The number of aromatic nitrogens is 1. The van der Waals surface area contributed by atoms with Crippen LogP contribution < -0.4 is 24.4 Å². The van der Waals surface area contributed by atoms with Crippen LogP contribution in [0.25, 0.3) is 0 Å². The highest BCUT2D eigenvalue weighted by atomic mass is 16.7. The van der Waals surface area contributed by atoms with Gasteiger partial charge in [0, 0.05) is 18.8 Å². The van der Waals surface area contributed by atoms with Gasteiger partial charge < -0.3 is 19.5 Å². The van der Waals surface area contributed by atoms with Crippen molar-refractivity contribution in [1.82, 2.24) is 10.3 Å². The van der Waals surface area contributed by atoms with Gasteiger partial charge in [-0.05, 0) is 50.6 Å². The van der Waals surface area contributed by atoms with Gasteiger partial charge in [-0.15, -0.1) is 0 Å². The Morgan fingerprint density at radius 2 is 2.04 bits per heavy atom. The van der Waals surface area contributed by atoms with E-state index in [9.17, 15) is 9.59 Å². The summed E-state index contributed by atoms with van der Waals surface area (Å²) < 4.78 is 16.5. The van der Waals surface area contributed by atoms with Gasteiger partial charge in [-0.1, -0.05) is 6.07 Å². The molecule has 0 fully saturated rings. The molecule has 0 bridgehead atoms. The van der Waals surface area contributed by atoms with Gasteiger partial charge in [0.05, 0.1) is 0 Å². The minimum Gasteiger partial charge on any atom is -0.464 e. The molecule has 2 aliphatic heterocycles. The number of pyridine rings is 1. The number of carbonyl (C=O) groups is 2. The van der Waals surface area contributed by atoms with Gasteiger partial charge in [-0.25, -0.2) is 4.98 Å². The van der Waals surface area contributed by atoms with Crippen molar-refractivity contribution < 1.29 is 23.8 Å². The molecule has 1 N–H and O–H groups in total. The van der Waals surface area contributed by atoms with Crippen LogP contribution in [0.3, 0.4) is 0 Å². The molecule has 0 radical (unpaired) electrons. The van der Waals surface area contributed by atoms with Crippen LogP contribution in [0, 0.1) is 0 Å². The summed E-state index contributed by atoms with van der Waals surface area (Å²) in [4.78, 5) is 31.8. The molecule has 0 unspecified atom stereocenters. The van der Waals surface area contributed by atoms with Crippen LogP contribution >= 0.6 is 0 Å². The zero-order valence-corrected chi connectivity index (χ0v) is 15.9. The third kappa shape index (κ3) is 2.90. The molecule has 28 heavy (non-hydrogen) atoms. The van der Waals surface area contributed by atoms with Gasteiger partial charge in [-0.3, -0.25) is 14.5 Å². The van der Waals surface area contributed by atoms with E-state index in [1.165, 1.54) is 11.8 Å². The lowest BCUT2D eigenvalue weighted by molar-refractivity contribution is -0.148. The molecule has 2 aromatic rings. The Bertz CT molecular complexity index is 945. The van der Waals surface area contributed by atoms with Gasteiger partial charge in [-0.2, -0.15) is 0 Å². The van der Waals surface area contributed by atoms with Crippen molar-refractivity contribution in [3.05, 3.63) is 42.1 Å². The molecule has 8 heteroatoms. The van der Waals surface area contributed by atoms with Crippen LogP contribution in [0.5, 0.6) is 17.2 Å². The predicted octanol–water partition coefficient (Wildman–Crippen LogP) is 2.02. The Hall–Kier alpha value is -3.29. The first-order valence-electron chi connectivity index (χ1n) is 9.04. The van der Waals surface area contributed by atoms with Crippen molar-refractivity contribution in [3.8, 4) is 17.2 Å². The predicted molar refractivity (Wildman–Crippen MR) is 100 cm³/mol. The molecule has 1 aromatic carbocycles. The van der Waals surface area contributed by atoms with E-state index in [1.807, 2.05) is 19.9 Å². The summed E-state index contributed by atoms with van der Waals surface area (Å²) in [5, 5.41) is 2.79. The first-order chi connectivity index (χ1) is 13.4. The molecule has 4 rings (SSSR count). The fraction of sp³-hybridized carbons (Fsp3) is 0.350. The van der Waals surface area contributed by atoms with Crippen molar-refractivity contribution in [1.29, 1.82) is 0 Å². The lowest BCUT2D eigenvalue weighted by Gasteiger charge is -2.40. The zero-order valence-electron chi connectivity index (χ0n) is 15.9. The van der Waals surface area contributed by atoms with E-state index in [0.717, 1.165) is 5.56 Å². The van der Waals surface area contributed by atoms with Crippen LogP contribution in [-0.2, 0) is 16.1 Å². The number of ether oxygens (including phenoxy) is 3. The van der Waals surface area contributed by atoms with E-state index in [4.69, 9.17) is 14.2 Å². The lowest BCUT2D eigenvalue weighted by atomic mass is 9.99. The maximum absolute atomic E-state index is 13.1. The Labute approximate surface area is 162 Å². The number of carbonyl (C=O) groups excluding carboxylic acids is 2. The molecule has 0 spiro atoms. The summed E-state index contributed by atoms with van der Waals surface area (Å²) in [7, 11) is 0. The topological polar surface area (TPSA) is 90.0 Å². The van der Waals surface area contributed by atoms with E-state index in [0.29, 0.717) is 23.1 Å². The molecular weight excluding hydrogens is 362 g/mol. The maximum Gasteiger partial charge on any atom is 0.282 e.